The van der Waals surface area contributed by atoms with Crippen LogP contribution >= 0.6 is 66.4 Å². The van der Waals surface area contributed by atoms with E-state index in [-0.39, 0.29) is 5.78 Å². The molecule has 0 radical (unpaired) electrons. The number of hydrogen-bond donors (Lipinski definition) is 0. The van der Waals surface area contributed by atoms with Crippen LogP contribution in [0.25, 0.3) is 0 Å². The molecule has 0 aliphatic rings. The van der Waals surface area contributed by atoms with E-state index in [0.717, 1.165) is 13.1 Å². The molecule has 1 nitrogen and oxygen atoms in total. The number of benzene rings is 1. The largest absolute Gasteiger partial charge is 0.294 e. The second kappa shape index (κ2) is 6.06. The summed E-state index contributed by atoms with van der Waals surface area (Å²) >= 11 is 20.0. The van der Waals surface area contributed by atoms with E-state index in [4.69, 9.17) is 23.2 Å². The fourth-order valence-corrected chi connectivity index (χ4v) is 4.64. The number of rotatable bonds is 3. The zero-order valence-corrected chi connectivity index (χ0v) is 14.3. The maximum absolute atomic E-state index is 12.1. The van der Waals surface area contributed by atoms with E-state index >= 15 is 0 Å². The lowest BCUT2D eigenvalue weighted by atomic mass is 10.1. The first kappa shape index (κ1) is 14.5. The van der Waals surface area contributed by atoms with Crippen molar-refractivity contribution in [2.75, 3.05) is 0 Å². The van der Waals surface area contributed by atoms with Crippen LogP contribution in [0.15, 0.2) is 31.8 Å². The van der Waals surface area contributed by atoms with Crippen LogP contribution in [0.3, 0.4) is 0 Å². The third kappa shape index (κ3) is 3.36. The molecule has 0 aliphatic carbocycles. The molecule has 6 heteroatoms. The van der Waals surface area contributed by atoms with E-state index in [9.17, 15) is 4.79 Å². The Hall–Kier alpha value is 0.130. The Balaban J connectivity index is 2.21. The average molecular weight is 429 g/mol. The van der Waals surface area contributed by atoms with Crippen molar-refractivity contribution < 1.29 is 4.79 Å². The Kier molecular flexibility index (Phi) is 4.89. The van der Waals surface area contributed by atoms with Gasteiger partial charge in [0.25, 0.3) is 0 Å². The standard InChI is InChI=1S/C12H6Br2Cl2OS/c13-11-5-7(12(14)18-11)10(17)4-6-1-2-8(15)9(16)3-6/h1-3,5H,4H2. The summed E-state index contributed by atoms with van der Waals surface area (Å²) < 4.78 is 1.76. The molecule has 1 aromatic carbocycles. The third-order valence-electron chi connectivity index (χ3n) is 2.31. The van der Waals surface area contributed by atoms with Crippen LogP contribution in [0, 0.1) is 0 Å². The molecule has 0 unspecified atom stereocenters. The van der Waals surface area contributed by atoms with Gasteiger partial charge in [-0.05, 0) is 55.6 Å². The van der Waals surface area contributed by atoms with E-state index in [0.29, 0.717) is 22.0 Å². The molecule has 0 atom stereocenters. The monoisotopic (exact) mass is 426 g/mol. The maximum atomic E-state index is 12.1. The van der Waals surface area contributed by atoms with Gasteiger partial charge in [0.2, 0.25) is 0 Å². The maximum Gasteiger partial charge on any atom is 0.169 e. The van der Waals surface area contributed by atoms with Gasteiger partial charge in [0.05, 0.1) is 17.6 Å². The molecule has 0 N–H and O–H groups in total. The van der Waals surface area contributed by atoms with E-state index in [2.05, 4.69) is 31.9 Å². The van der Waals surface area contributed by atoms with Gasteiger partial charge in [-0.2, -0.15) is 0 Å². The van der Waals surface area contributed by atoms with Gasteiger partial charge in [-0.15, -0.1) is 11.3 Å². The summed E-state index contributed by atoms with van der Waals surface area (Å²) in [6.07, 6.45) is 0.304. The minimum Gasteiger partial charge on any atom is -0.294 e. The lowest BCUT2D eigenvalue weighted by Gasteiger charge is -2.02. The van der Waals surface area contributed by atoms with Crippen molar-refractivity contribution in [2.45, 2.75) is 6.42 Å². The molecular weight excluding hydrogens is 423 g/mol. The van der Waals surface area contributed by atoms with Crippen molar-refractivity contribution >= 4 is 72.2 Å². The van der Waals surface area contributed by atoms with Gasteiger partial charge in [0.15, 0.2) is 5.78 Å². The van der Waals surface area contributed by atoms with Crippen molar-refractivity contribution in [1.29, 1.82) is 0 Å². The van der Waals surface area contributed by atoms with Crippen molar-refractivity contribution in [3.8, 4) is 0 Å². The molecule has 2 aromatic rings. The molecule has 94 valence electrons. The van der Waals surface area contributed by atoms with E-state index < -0.39 is 0 Å². The Morgan fingerprint density at radius 3 is 2.44 bits per heavy atom. The zero-order valence-electron chi connectivity index (χ0n) is 8.84. The number of hydrogen-bond acceptors (Lipinski definition) is 2. The van der Waals surface area contributed by atoms with Gasteiger partial charge < -0.3 is 0 Å². The highest BCUT2D eigenvalue weighted by Gasteiger charge is 2.14. The first-order chi connectivity index (χ1) is 8.47. The highest BCUT2D eigenvalue weighted by molar-refractivity contribution is 9.12. The van der Waals surface area contributed by atoms with E-state index in [1.807, 2.05) is 6.07 Å². The van der Waals surface area contributed by atoms with Crippen LogP contribution in [0.2, 0.25) is 10.0 Å². The topological polar surface area (TPSA) is 17.1 Å². The van der Waals surface area contributed by atoms with Crippen LogP contribution < -0.4 is 0 Å². The second-order valence-electron chi connectivity index (χ2n) is 3.59. The summed E-state index contributed by atoms with van der Waals surface area (Å²) in [7, 11) is 0. The van der Waals surface area contributed by atoms with Crippen LogP contribution in [-0.2, 0) is 6.42 Å². The number of Topliss-reactive ketones (excluding diaryl/α,β-unsaturated/α-hetero) is 1. The van der Waals surface area contributed by atoms with Gasteiger partial charge in [-0.1, -0.05) is 29.3 Å². The molecule has 0 aliphatic heterocycles. The van der Waals surface area contributed by atoms with Crippen LogP contribution in [-0.4, -0.2) is 5.78 Å². The summed E-state index contributed by atoms with van der Waals surface area (Å²) in [5.74, 6) is 0.0437. The second-order valence-corrected chi connectivity index (χ2v) is 8.15. The molecule has 0 spiro atoms. The van der Waals surface area contributed by atoms with E-state index in [1.54, 1.807) is 18.2 Å². The Morgan fingerprint density at radius 2 is 1.89 bits per heavy atom. The quantitative estimate of drug-likeness (QED) is 0.547. The fourth-order valence-electron chi connectivity index (χ4n) is 1.46. The smallest absolute Gasteiger partial charge is 0.169 e. The van der Waals surface area contributed by atoms with Crippen molar-refractivity contribution in [1.82, 2.24) is 0 Å². The zero-order chi connectivity index (χ0) is 13.3. The number of thiophene rings is 1. The highest BCUT2D eigenvalue weighted by atomic mass is 79.9. The van der Waals surface area contributed by atoms with Crippen molar-refractivity contribution in [2.24, 2.45) is 0 Å². The Morgan fingerprint density at radius 1 is 1.17 bits per heavy atom. The molecule has 2 rings (SSSR count). The predicted octanol–water partition coefficient (Wildman–Crippen LogP) is 6.01. The normalized spacial score (nSPS) is 10.7. The number of halogens is 4. The molecule has 0 amide bonds. The predicted molar refractivity (Wildman–Crippen MR) is 84.2 cm³/mol. The molecule has 1 heterocycles. The van der Waals surface area contributed by atoms with Crippen molar-refractivity contribution in [3.05, 3.63) is 53.0 Å². The first-order valence-corrected chi connectivity index (χ1v) is 8.05. The summed E-state index contributed by atoms with van der Waals surface area (Å²) in [5.41, 5.74) is 1.53. The molecule has 0 saturated heterocycles. The molecule has 0 saturated carbocycles. The van der Waals surface area contributed by atoms with E-state index in [1.165, 1.54) is 11.3 Å². The van der Waals surface area contributed by atoms with Gasteiger partial charge in [0.1, 0.15) is 0 Å². The molecular formula is C12H6Br2Cl2OS. The van der Waals surface area contributed by atoms with Crippen LogP contribution in [0.4, 0.5) is 0 Å². The number of ketones is 1. The molecule has 0 fully saturated rings. The molecule has 1 aromatic heterocycles. The molecule has 18 heavy (non-hydrogen) atoms. The molecule has 0 bridgehead atoms. The minimum absolute atomic E-state index is 0.0437. The summed E-state index contributed by atoms with van der Waals surface area (Å²) in [6.45, 7) is 0. The first-order valence-electron chi connectivity index (χ1n) is 4.89. The Bertz CT molecular complexity index is 610. The van der Waals surface area contributed by atoms with Crippen molar-refractivity contribution in [3.63, 3.8) is 0 Å². The van der Waals surface area contributed by atoms with Gasteiger partial charge in [0, 0.05) is 12.0 Å². The van der Waals surface area contributed by atoms with Crippen LogP contribution in [0.1, 0.15) is 15.9 Å². The summed E-state index contributed by atoms with van der Waals surface area (Å²) in [6, 6.07) is 7.04. The van der Waals surface area contributed by atoms with Gasteiger partial charge in [-0.25, -0.2) is 0 Å². The summed E-state index contributed by atoms with van der Waals surface area (Å²) in [4.78, 5) is 12.1. The van der Waals surface area contributed by atoms with Gasteiger partial charge >= 0.3 is 0 Å². The van der Waals surface area contributed by atoms with Gasteiger partial charge in [-0.3, -0.25) is 4.79 Å². The lowest BCUT2D eigenvalue weighted by molar-refractivity contribution is 0.0993. The summed E-state index contributed by atoms with van der Waals surface area (Å²) in [5, 5.41) is 0.958. The van der Waals surface area contributed by atoms with Crippen LogP contribution in [0.5, 0.6) is 0 Å². The number of carbonyl (C=O) groups excluding carboxylic acids is 1. The third-order valence-corrected chi connectivity index (χ3v) is 5.38. The minimum atomic E-state index is 0.0437. The fraction of sp³-hybridized carbons (Fsp3) is 0.0833. The number of carbonyl (C=O) groups is 1. The highest BCUT2D eigenvalue weighted by Crippen LogP contribution is 2.33. The lowest BCUT2D eigenvalue weighted by Crippen LogP contribution is -2.02. The Labute approximate surface area is 135 Å². The SMILES string of the molecule is O=C(Cc1ccc(Cl)c(Cl)c1)c1cc(Br)sc1Br. The average Bonchev–Trinajstić information content (AvgIpc) is 2.63.